The molecule has 0 bridgehead atoms. The van der Waals surface area contributed by atoms with Gasteiger partial charge in [-0.1, -0.05) is 30.3 Å². The van der Waals surface area contributed by atoms with Gasteiger partial charge in [0.15, 0.2) is 6.29 Å². The second kappa shape index (κ2) is 4.74. The van der Waals surface area contributed by atoms with Gasteiger partial charge in [-0.25, -0.2) is 0 Å². The smallest absolute Gasteiger partial charge is 0.186 e. The van der Waals surface area contributed by atoms with E-state index in [0.29, 0.717) is 13.2 Å². The van der Waals surface area contributed by atoms with Gasteiger partial charge in [0.1, 0.15) is 18.3 Å². The molecule has 0 saturated carbocycles. The first-order chi connectivity index (χ1) is 8.38. The Hall–Kier alpha value is -0.940. The molecular weight excluding hydrogens is 220 g/mol. The molecule has 2 aliphatic rings. The van der Waals surface area contributed by atoms with E-state index >= 15 is 0 Å². The number of rotatable bonds is 5. The Morgan fingerprint density at radius 2 is 1.94 bits per heavy atom. The SMILES string of the molecule is CO[C@@H]1O[C@H](COCc2ccccc2)[C@H]2O[C@@H]12. The van der Waals surface area contributed by atoms with Gasteiger partial charge in [-0.15, -0.1) is 0 Å². The van der Waals surface area contributed by atoms with Crippen LogP contribution in [0.25, 0.3) is 0 Å². The summed E-state index contributed by atoms with van der Waals surface area (Å²) in [5.41, 5.74) is 1.17. The highest BCUT2D eigenvalue weighted by molar-refractivity contribution is 5.13. The van der Waals surface area contributed by atoms with Crippen molar-refractivity contribution in [2.24, 2.45) is 0 Å². The Labute approximate surface area is 100 Å². The lowest BCUT2D eigenvalue weighted by Crippen LogP contribution is -2.25. The summed E-state index contributed by atoms with van der Waals surface area (Å²) in [5.74, 6) is 0. The van der Waals surface area contributed by atoms with Crippen molar-refractivity contribution in [2.75, 3.05) is 13.7 Å². The van der Waals surface area contributed by atoms with Crippen LogP contribution in [0.1, 0.15) is 5.56 Å². The number of fused-ring (bicyclic) bond motifs is 1. The predicted molar refractivity (Wildman–Crippen MR) is 60.4 cm³/mol. The van der Waals surface area contributed by atoms with E-state index < -0.39 is 0 Å². The van der Waals surface area contributed by atoms with Crippen molar-refractivity contribution in [3.63, 3.8) is 0 Å². The molecule has 2 saturated heterocycles. The van der Waals surface area contributed by atoms with Gasteiger partial charge >= 0.3 is 0 Å². The van der Waals surface area contributed by atoms with Gasteiger partial charge < -0.3 is 18.9 Å². The quantitative estimate of drug-likeness (QED) is 0.723. The van der Waals surface area contributed by atoms with Crippen molar-refractivity contribution in [1.82, 2.24) is 0 Å². The molecule has 4 nitrogen and oxygen atoms in total. The minimum Gasteiger partial charge on any atom is -0.374 e. The summed E-state index contributed by atoms with van der Waals surface area (Å²) in [6, 6.07) is 10.1. The summed E-state index contributed by atoms with van der Waals surface area (Å²) < 4.78 is 21.9. The average Bonchev–Trinajstić information content (AvgIpc) is 3.09. The Balaban J connectivity index is 1.44. The van der Waals surface area contributed by atoms with E-state index in [1.54, 1.807) is 7.11 Å². The zero-order valence-corrected chi connectivity index (χ0v) is 9.74. The van der Waals surface area contributed by atoms with Gasteiger partial charge in [-0.3, -0.25) is 0 Å². The molecule has 0 radical (unpaired) electrons. The lowest BCUT2D eigenvalue weighted by atomic mass is 10.2. The normalized spacial score (nSPS) is 34.6. The molecule has 2 fully saturated rings. The largest absolute Gasteiger partial charge is 0.374 e. The van der Waals surface area contributed by atoms with Gasteiger partial charge in [-0.2, -0.15) is 0 Å². The number of epoxide rings is 1. The van der Waals surface area contributed by atoms with Crippen molar-refractivity contribution in [1.29, 1.82) is 0 Å². The van der Waals surface area contributed by atoms with Crippen LogP contribution in [0.3, 0.4) is 0 Å². The van der Waals surface area contributed by atoms with Crippen LogP contribution < -0.4 is 0 Å². The number of methoxy groups -OCH3 is 1. The first-order valence-corrected chi connectivity index (χ1v) is 5.84. The maximum absolute atomic E-state index is 5.64. The van der Waals surface area contributed by atoms with Crippen LogP contribution in [0, 0.1) is 0 Å². The summed E-state index contributed by atoms with van der Waals surface area (Å²) in [6.07, 6.45) is 0.0695. The standard InChI is InChI=1S/C13H16O4/c1-14-13-12-11(17-12)10(16-13)8-15-7-9-5-3-2-4-6-9/h2-6,10-13H,7-8H2,1H3/t10-,11-,12-,13-/m1/s1. The van der Waals surface area contributed by atoms with Crippen molar-refractivity contribution in [2.45, 2.75) is 31.2 Å². The molecule has 1 aromatic rings. The molecule has 0 spiro atoms. The maximum Gasteiger partial charge on any atom is 0.186 e. The van der Waals surface area contributed by atoms with Crippen LogP contribution in [0.4, 0.5) is 0 Å². The summed E-state index contributed by atoms with van der Waals surface area (Å²) in [6.45, 7) is 1.16. The lowest BCUT2D eigenvalue weighted by Gasteiger charge is -2.16. The predicted octanol–water partition coefficient (Wildman–Crippen LogP) is 1.34. The molecule has 17 heavy (non-hydrogen) atoms. The summed E-state index contributed by atoms with van der Waals surface area (Å²) in [5, 5.41) is 0. The summed E-state index contributed by atoms with van der Waals surface area (Å²) in [7, 11) is 1.64. The Morgan fingerprint density at radius 1 is 1.12 bits per heavy atom. The van der Waals surface area contributed by atoms with E-state index in [-0.39, 0.29) is 24.6 Å². The molecule has 0 aliphatic carbocycles. The molecule has 2 heterocycles. The zero-order valence-electron chi connectivity index (χ0n) is 9.74. The van der Waals surface area contributed by atoms with Crippen molar-refractivity contribution in [3.05, 3.63) is 35.9 Å². The molecule has 2 aliphatic heterocycles. The molecule has 1 aromatic carbocycles. The molecule has 3 rings (SSSR count). The van der Waals surface area contributed by atoms with Crippen LogP contribution in [0.15, 0.2) is 30.3 Å². The third-order valence-electron chi connectivity index (χ3n) is 3.13. The van der Waals surface area contributed by atoms with E-state index in [1.807, 2.05) is 30.3 Å². The molecule has 4 atom stereocenters. The van der Waals surface area contributed by atoms with Crippen molar-refractivity contribution < 1.29 is 18.9 Å². The van der Waals surface area contributed by atoms with Crippen LogP contribution in [-0.2, 0) is 25.6 Å². The van der Waals surface area contributed by atoms with Crippen LogP contribution in [0.5, 0.6) is 0 Å². The number of hydrogen-bond donors (Lipinski definition) is 0. The second-order valence-electron chi connectivity index (χ2n) is 4.34. The summed E-state index contributed by atoms with van der Waals surface area (Å²) in [4.78, 5) is 0. The fourth-order valence-electron chi connectivity index (χ4n) is 2.17. The average molecular weight is 236 g/mol. The highest BCUT2D eigenvalue weighted by atomic mass is 16.8. The Morgan fingerprint density at radius 3 is 2.65 bits per heavy atom. The minimum absolute atomic E-state index is 0.00802. The van der Waals surface area contributed by atoms with Gasteiger partial charge in [0.2, 0.25) is 0 Å². The molecule has 0 unspecified atom stereocenters. The van der Waals surface area contributed by atoms with Gasteiger partial charge in [0.05, 0.1) is 13.2 Å². The molecule has 0 aromatic heterocycles. The molecule has 0 N–H and O–H groups in total. The maximum atomic E-state index is 5.64. The van der Waals surface area contributed by atoms with Crippen molar-refractivity contribution >= 4 is 0 Å². The van der Waals surface area contributed by atoms with E-state index in [9.17, 15) is 0 Å². The Kier molecular flexibility index (Phi) is 3.11. The second-order valence-corrected chi connectivity index (χ2v) is 4.34. The molecule has 0 amide bonds. The molecular formula is C13H16O4. The highest BCUT2D eigenvalue weighted by Crippen LogP contribution is 2.39. The third kappa shape index (κ3) is 2.35. The highest BCUT2D eigenvalue weighted by Gasteiger charge is 2.58. The molecule has 4 heteroatoms. The van der Waals surface area contributed by atoms with Crippen LogP contribution in [0.2, 0.25) is 0 Å². The van der Waals surface area contributed by atoms with Gasteiger partial charge in [0.25, 0.3) is 0 Å². The molecule has 92 valence electrons. The van der Waals surface area contributed by atoms with E-state index in [4.69, 9.17) is 18.9 Å². The number of hydrogen-bond acceptors (Lipinski definition) is 4. The topological polar surface area (TPSA) is 40.2 Å². The lowest BCUT2D eigenvalue weighted by molar-refractivity contribution is -0.171. The fraction of sp³-hybridized carbons (Fsp3) is 0.538. The van der Waals surface area contributed by atoms with E-state index in [1.165, 1.54) is 5.56 Å². The minimum atomic E-state index is -0.217. The van der Waals surface area contributed by atoms with Crippen molar-refractivity contribution in [3.8, 4) is 0 Å². The van der Waals surface area contributed by atoms with Gasteiger partial charge in [-0.05, 0) is 5.56 Å². The summed E-state index contributed by atoms with van der Waals surface area (Å²) >= 11 is 0. The Bertz CT molecular complexity index is 367. The number of benzene rings is 1. The zero-order chi connectivity index (χ0) is 11.7. The van der Waals surface area contributed by atoms with E-state index in [0.717, 1.165) is 0 Å². The first-order valence-electron chi connectivity index (χ1n) is 5.84. The van der Waals surface area contributed by atoms with Gasteiger partial charge in [0, 0.05) is 7.11 Å². The van der Waals surface area contributed by atoms with E-state index in [2.05, 4.69) is 0 Å². The first kappa shape index (κ1) is 11.2. The van der Waals surface area contributed by atoms with Crippen LogP contribution >= 0.6 is 0 Å². The van der Waals surface area contributed by atoms with Crippen LogP contribution in [-0.4, -0.2) is 38.3 Å². The monoisotopic (exact) mass is 236 g/mol. The third-order valence-corrected chi connectivity index (χ3v) is 3.13. The number of ether oxygens (including phenoxy) is 4. The fourth-order valence-corrected chi connectivity index (χ4v) is 2.17.